The normalized spacial score (nSPS) is 34.4. The van der Waals surface area contributed by atoms with Gasteiger partial charge in [-0.1, -0.05) is 24.3 Å². The Kier molecular flexibility index (Phi) is 7.45. The van der Waals surface area contributed by atoms with Gasteiger partial charge in [0.2, 0.25) is 6.29 Å². The van der Waals surface area contributed by atoms with Gasteiger partial charge in [0.1, 0.15) is 54.2 Å². The lowest BCUT2D eigenvalue weighted by molar-refractivity contribution is -0.307. The molecule has 13 nitrogen and oxygen atoms in total. The summed E-state index contributed by atoms with van der Waals surface area (Å²) >= 11 is 0. The third-order valence-electron chi connectivity index (χ3n) is 7.19. The van der Waals surface area contributed by atoms with Crippen molar-refractivity contribution in [3.05, 3.63) is 58.1 Å². The first-order chi connectivity index (χ1) is 18.5. The maximum atomic E-state index is 13.1. The van der Waals surface area contributed by atoms with Crippen molar-refractivity contribution in [1.82, 2.24) is 0 Å². The average Bonchev–Trinajstić information content (AvgIpc) is 2.93. The van der Waals surface area contributed by atoms with Gasteiger partial charge in [0.25, 0.3) is 0 Å². The zero-order valence-electron chi connectivity index (χ0n) is 20.6. The van der Waals surface area contributed by atoms with Crippen molar-refractivity contribution < 1.29 is 64.3 Å². The fourth-order valence-corrected chi connectivity index (χ4v) is 4.83. The SMILES string of the molecule is Cc1c(O[C@H]2O[C@H](CO[C@H]3OC[C@@H](O)[C@H](O)[C@H]3O)[C@@H](O)[C@H](O)[C@H]2O)cc2c(c1O)C(=O)c1ccccc1C2=O. The summed E-state index contributed by atoms with van der Waals surface area (Å²) in [7, 11) is 0. The lowest BCUT2D eigenvalue weighted by Crippen LogP contribution is -2.61. The largest absolute Gasteiger partial charge is 0.507 e. The van der Waals surface area contributed by atoms with Crippen LogP contribution in [0.2, 0.25) is 0 Å². The molecular weight excluding hydrogens is 520 g/mol. The number of phenols is 1. The van der Waals surface area contributed by atoms with Gasteiger partial charge in [0.15, 0.2) is 17.9 Å². The summed E-state index contributed by atoms with van der Waals surface area (Å²) in [6.07, 6.45) is -14.0. The van der Waals surface area contributed by atoms with E-state index in [1.165, 1.54) is 25.1 Å². The molecule has 5 rings (SSSR count). The number of carbonyl (C=O) groups excluding carboxylic acids is 2. The van der Waals surface area contributed by atoms with E-state index in [0.29, 0.717) is 0 Å². The molecule has 1 aliphatic carbocycles. The zero-order valence-corrected chi connectivity index (χ0v) is 20.6. The highest BCUT2D eigenvalue weighted by Crippen LogP contribution is 2.40. The Labute approximate surface area is 221 Å². The molecule has 2 aliphatic heterocycles. The maximum Gasteiger partial charge on any atom is 0.229 e. The van der Waals surface area contributed by atoms with Gasteiger partial charge >= 0.3 is 0 Å². The van der Waals surface area contributed by atoms with E-state index in [4.69, 9.17) is 18.9 Å². The van der Waals surface area contributed by atoms with Crippen molar-refractivity contribution in [3.8, 4) is 11.5 Å². The van der Waals surface area contributed by atoms with Crippen LogP contribution in [-0.4, -0.2) is 116 Å². The van der Waals surface area contributed by atoms with Crippen LogP contribution in [0.4, 0.5) is 0 Å². The summed E-state index contributed by atoms with van der Waals surface area (Å²) in [5, 5.41) is 71.6. The molecule has 39 heavy (non-hydrogen) atoms. The van der Waals surface area contributed by atoms with E-state index in [0.717, 1.165) is 0 Å². The number of aliphatic hydroxyl groups is 6. The first-order valence-electron chi connectivity index (χ1n) is 12.2. The number of benzene rings is 2. The number of aromatic hydroxyl groups is 1. The summed E-state index contributed by atoms with van der Waals surface area (Å²) in [5.41, 5.74) is 0.0577. The van der Waals surface area contributed by atoms with Crippen molar-refractivity contribution in [1.29, 1.82) is 0 Å². The molecule has 9 atom stereocenters. The molecule has 0 aromatic heterocycles. The number of phenolic OH excluding ortho intramolecular Hbond substituents is 1. The predicted molar refractivity (Wildman–Crippen MR) is 127 cm³/mol. The summed E-state index contributed by atoms with van der Waals surface area (Å²) in [6.45, 7) is 0.607. The molecule has 2 heterocycles. The molecule has 3 aliphatic rings. The highest BCUT2D eigenvalue weighted by molar-refractivity contribution is 6.29. The Hall–Kier alpha value is -2.98. The summed E-state index contributed by atoms with van der Waals surface area (Å²) in [4.78, 5) is 26.1. The van der Waals surface area contributed by atoms with E-state index in [1.807, 2.05) is 0 Å². The molecule has 0 amide bonds. The van der Waals surface area contributed by atoms with Crippen molar-refractivity contribution in [3.63, 3.8) is 0 Å². The van der Waals surface area contributed by atoms with E-state index in [1.54, 1.807) is 12.1 Å². The van der Waals surface area contributed by atoms with Gasteiger partial charge in [-0.2, -0.15) is 0 Å². The van der Waals surface area contributed by atoms with Gasteiger partial charge in [-0.15, -0.1) is 0 Å². The molecule has 13 heteroatoms. The van der Waals surface area contributed by atoms with E-state index in [2.05, 4.69) is 0 Å². The predicted octanol–water partition coefficient (Wildman–Crippen LogP) is -1.88. The summed E-state index contributed by atoms with van der Waals surface area (Å²) in [5.74, 6) is -1.68. The molecule has 0 spiro atoms. The molecule has 2 saturated heterocycles. The Morgan fingerprint density at radius 1 is 0.846 bits per heavy atom. The minimum atomic E-state index is -1.78. The quantitative estimate of drug-likeness (QED) is 0.186. The second-order valence-electron chi connectivity index (χ2n) is 9.69. The molecule has 0 bridgehead atoms. The van der Waals surface area contributed by atoms with Crippen molar-refractivity contribution in [2.24, 2.45) is 0 Å². The molecule has 0 unspecified atom stereocenters. The number of fused-ring (bicyclic) bond motifs is 2. The van der Waals surface area contributed by atoms with Crippen molar-refractivity contribution in [2.45, 2.75) is 62.2 Å². The number of carbonyl (C=O) groups is 2. The number of hydrogen-bond acceptors (Lipinski definition) is 13. The van der Waals surface area contributed by atoms with Crippen LogP contribution in [0, 0.1) is 6.92 Å². The lowest BCUT2D eigenvalue weighted by atomic mass is 9.82. The molecule has 0 saturated carbocycles. The lowest BCUT2D eigenvalue weighted by Gasteiger charge is -2.41. The number of aliphatic hydroxyl groups excluding tert-OH is 6. The van der Waals surface area contributed by atoms with E-state index in [9.17, 15) is 45.3 Å². The van der Waals surface area contributed by atoms with Gasteiger partial charge in [-0.25, -0.2) is 0 Å². The van der Waals surface area contributed by atoms with Crippen LogP contribution in [-0.2, 0) is 14.2 Å². The van der Waals surface area contributed by atoms with E-state index >= 15 is 0 Å². The standard InChI is InChI=1S/C26H28O13/c1-9-14(6-12-16(17(9)28)19(30)11-5-3-2-4-10(11)18(12)29)38-26-24(35)22(33)21(32)15(39-26)8-37-25-23(34)20(31)13(27)7-36-25/h2-6,13,15,20-28,31-35H,7-8H2,1H3/t13-,15-,20+,21-,22+,23-,24-,25-,26+/m1/s1. The second-order valence-corrected chi connectivity index (χ2v) is 9.69. The van der Waals surface area contributed by atoms with Crippen LogP contribution < -0.4 is 4.74 Å². The first-order valence-corrected chi connectivity index (χ1v) is 12.2. The van der Waals surface area contributed by atoms with Crippen LogP contribution >= 0.6 is 0 Å². The molecule has 0 radical (unpaired) electrons. The average molecular weight is 548 g/mol. The Balaban J connectivity index is 1.37. The van der Waals surface area contributed by atoms with Crippen LogP contribution in [0.15, 0.2) is 30.3 Å². The van der Waals surface area contributed by atoms with Crippen molar-refractivity contribution in [2.75, 3.05) is 13.2 Å². The van der Waals surface area contributed by atoms with Crippen LogP contribution in [0.3, 0.4) is 0 Å². The van der Waals surface area contributed by atoms with Gasteiger partial charge in [0.05, 0.1) is 18.8 Å². The topological polar surface area (TPSA) is 213 Å². The monoisotopic (exact) mass is 548 g/mol. The van der Waals surface area contributed by atoms with Crippen LogP contribution in [0.1, 0.15) is 37.4 Å². The molecule has 2 fully saturated rings. The highest BCUT2D eigenvalue weighted by atomic mass is 16.7. The Morgan fingerprint density at radius 2 is 1.49 bits per heavy atom. The minimum Gasteiger partial charge on any atom is -0.507 e. The number of ether oxygens (including phenoxy) is 4. The van der Waals surface area contributed by atoms with Gasteiger partial charge in [-0.3, -0.25) is 9.59 Å². The number of rotatable bonds is 5. The summed E-state index contributed by atoms with van der Waals surface area (Å²) in [6, 6.07) is 7.41. The zero-order chi connectivity index (χ0) is 28.2. The van der Waals surface area contributed by atoms with Crippen LogP contribution in [0.5, 0.6) is 11.5 Å². The van der Waals surface area contributed by atoms with E-state index in [-0.39, 0.29) is 40.2 Å². The minimum absolute atomic E-state index is 0.0600. The summed E-state index contributed by atoms with van der Waals surface area (Å²) < 4.78 is 21.9. The first kappa shape index (κ1) is 27.6. The maximum absolute atomic E-state index is 13.1. The van der Waals surface area contributed by atoms with E-state index < -0.39 is 79.2 Å². The van der Waals surface area contributed by atoms with Gasteiger partial charge in [0, 0.05) is 22.3 Å². The molecular formula is C26H28O13. The third kappa shape index (κ3) is 4.71. The fourth-order valence-electron chi connectivity index (χ4n) is 4.83. The highest BCUT2D eigenvalue weighted by Gasteiger charge is 2.47. The third-order valence-corrected chi connectivity index (χ3v) is 7.19. The Morgan fingerprint density at radius 3 is 2.18 bits per heavy atom. The fraction of sp³-hybridized carbons (Fsp3) is 0.462. The second kappa shape index (κ2) is 10.5. The molecule has 210 valence electrons. The van der Waals surface area contributed by atoms with Crippen molar-refractivity contribution >= 4 is 11.6 Å². The van der Waals surface area contributed by atoms with Gasteiger partial charge in [-0.05, 0) is 13.0 Å². The molecule has 2 aromatic carbocycles. The molecule has 2 aromatic rings. The smallest absolute Gasteiger partial charge is 0.229 e. The Bertz CT molecular complexity index is 1280. The number of ketones is 2. The number of hydrogen-bond donors (Lipinski definition) is 7. The van der Waals surface area contributed by atoms with Crippen LogP contribution in [0.25, 0.3) is 0 Å². The van der Waals surface area contributed by atoms with Gasteiger partial charge < -0.3 is 54.7 Å². The molecule has 7 N–H and O–H groups in total.